The molecule has 2 aromatic rings. The highest BCUT2D eigenvalue weighted by atomic mass is 79.9. The van der Waals surface area contributed by atoms with Crippen molar-refractivity contribution in [1.82, 2.24) is 0 Å². The van der Waals surface area contributed by atoms with E-state index in [9.17, 15) is 13.9 Å². The molecule has 88 valence electrons. The molecular formula is C12H6BrClF2O. The summed E-state index contributed by atoms with van der Waals surface area (Å²) in [5, 5.41) is 9.76. The van der Waals surface area contributed by atoms with Gasteiger partial charge in [-0.15, -0.1) is 0 Å². The molecule has 0 aliphatic rings. The fourth-order valence-electron chi connectivity index (χ4n) is 1.50. The highest BCUT2D eigenvalue weighted by Gasteiger charge is 2.17. The van der Waals surface area contributed by atoms with Crippen LogP contribution in [0, 0.1) is 11.6 Å². The Hall–Kier alpha value is -1.13. The van der Waals surface area contributed by atoms with Crippen molar-refractivity contribution in [2.24, 2.45) is 0 Å². The third-order valence-corrected chi connectivity index (χ3v) is 3.23. The van der Waals surface area contributed by atoms with Crippen molar-refractivity contribution in [3.63, 3.8) is 0 Å². The van der Waals surface area contributed by atoms with Gasteiger partial charge in [0, 0.05) is 11.1 Å². The lowest BCUT2D eigenvalue weighted by molar-refractivity contribution is 0.432. The van der Waals surface area contributed by atoms with Gasteiger partial charge in [0.05, 0.1) is 9.50 Å². The molecule has 1 N–H and O–H groups in total. The zero-order valence-corrected chi connectivity index (χ0v) is 10.7. The molecule has 1 nitrogen and oxygen atoms in total. The molecule has 0 saturated carbocycles. The number of rotatable bonds is 1. The second-order valence-corrected chi connectivity index (χ2v) is 4.62. The predicted molar refractivity (Wildman–Crippen MR) is 66.2 cm³/mol. The van der Waals surface area contributed by atoms with Crippen molar-refractivity contribution in [3.8, 4) is 16.9 Å². The molecular weight excluding hydrogens is 313 g/mol. The van der Waals surface area contributed by atoms with Crippen molar-refractivity contribution < 1.29 is 13.9 Å². The summed E-state index contributed by atoms with van der Waals surface area (Å²) in [5.41, 5.74) is 0.00636. The fraction of sp³-hybridized carbons (Fsp3) is 0. The van der Waals surface area contributed by atoms with E-state index < -0.39 is 17.4 Å². The van der Waals surface area contributed by atoms with E-state index in [2.05, 4.69) is 15.9 Å². The van der Waals surface area contributed by atoms with Crippen LogP contribution in [0.4, 0.5) is 8.78 Å². The monoisotopic (exact) mass is 318 g/mol. The minimum Gasteiger partial charge on any atom is -0.504 e. The van der Waals surface area contributed by atoms with Gasteiger partial charge >= 0.3 is 0 Å². The molecule has 0 amide bonds. The van der Waals surface area contributed by atoms with Crippen LogP contribution in [0.2, 0.25) is 5.02 Å². The third kappa shape index (κ3) is 2.15. The van der Waals surface area contributed by atoms with Gasteiger partial charge in [-0.3, -0.25) is 0 Å². The summed E-state index contributed by atoms with van der Waals surface area (Å²) in [6, 6.07) is 6.88. The Morgan fingerprint density at radius 1 is 1.12 bits per heavy atom. The molecule has 0 bridgehead atoms. The van der Waals surface area contributed by atoms with Gasteiger partial charge in [-0.1, -0.05) is 17.7 Å². The van der Waals surface area contributed by atoms with Crippen LogP contribution in [0.25, 0.3) is 11.1 Å². The van der Waals surface area contributed by atoms with Gasteiger partial charge in [0.2, 0.25) is 0 Å². The van der Waals surface area contributed by atoms with E-state index in [4.69, 9.17) is 11.6 Å². The van der Waals surface area contributed by atoms with Crippen LogP contribution in [-0.4, -0.2) is 5.11 Å². The molecule has 0 unspecified atom stereocenters. The fourth-order valence-corrected chi connectivity index (χ4v) is 2.08. The number of hydrogen-bond donors (Lipinski definition) is 1. The van der Waals surface area contributed by atoms with E-state index in [0.717, 1.165) is 0 Å². The normalized spacial score (nSPS) is 10.6. The Kier molecular flexibility index (Phi) is 3.35. The quantitative estimate of drug-likeness (QED) is 0.804. The first kappa shape index (κ1) is 12.3. The van der Waals surface area contributed by atoms with Gasteiger partial charge in [-0.25, -0.2) is 8.78 Å². The minimum atomic E-state index is -0.846. The second kappa shape index (κ2) is 4.63. The van der Waals surface area contributed by atoms with Crippen molar-refractivity contribution in [3.05, 3.63) is 51.5 Å². The molecule has 2 aromatic carbocycles. The minimum absolute atomic E-state index is 0.0157. The van der Waals surface area contributed by atoms with Gasteiger partial charge in [-0.05, 0) is 40.2 Å². The van der Waals surface area contributed by atoms with Crippen molar-refractivity contribution in [2.75, 3.05) is 0 Å². The van der Waals surface area contributed by atoms with E-state index in [1.807, 2.05) is 0 Å². The van der Waals surface area contributed by atoms with Gasteiger partial charge in [0.1, 0.15) is 5.82 Å². The van der Waals surface area contributed by atoms with Gasteiger partial charge in [-0.2, -0.15) is 0 Å². The molecule has 0 spiro atoms. The number of hydrogen-bond acceptors (Lipinski definition) is 1. The maximum absolute atomic E-state index is 13.6. The second-order valence-electron chi connectivity index (χ2n) is 3.35. The van der Waals surface area contributed by atoms with Crippen LogP contribution < -0.4 is 0 Å². The molecule has 0 radical (unpaired) electrons. The summed E-state index contributed by atoms with van der Waals surface area (Å²) >= 11 is 8.77. The zero-order chi connectivity index (χ0) is 12.6. The van der Waals surface area contributed by atoms with Crippen LogP contribution in [0.3, 0.4) is 0 Å². The van der Waals surface area contributed by atoms with Crippen LogP contribution in [0.5, 0.6) is 5.75 Å². The van der Waals surface area contributed by atoms with E-state index in [1.165, 1.54) is 30.3 Å². The summed E-state index contributed by atoms with van der Waals surface area (Å²) in [5.74, 6) is -2.09. The molecule has 0 atom stereocenters. The Balaban J connectivity index is 2.74. The summed E-state index contributed by atoms with van der Waals surface area (Å²) in [7, 11) is 0. The van der Waals surface area contributed by atoms with E-state index in [0.29, 0.717) is 0 Å². The summed E-state index contributed by atoms with van der Waals surface area (Å²) in [6.07, 6.45) is 0. The molecule has 0 aliphatic heterocycles. The first-order valence-corrected chi connectivity index (χ1v) is 5.81. The molecule has 0 heterocycles. The lowest BCUT2D eigenvalue weighted by Gasteiger charge is -2.09. The standard InChI is InChI=1S/C12H6BrClF2O/c13-7-5-4-6(12(17)11(7)16)10-8(14)2-1-3-9(10)15/h1-5,17H. The average molecular weight is 320 g/mol. The number of aromatic hydroxyl groups is 1. The number of phenols is 1. The van der Waals surface area contributed by atoms with Crippen LogP contribution in [0.1, 0.15) is 0 Å². The van der Waals surface area contributed by atoms with Gasteiger partial charge in [0.25, 0.3) is 0 Å². The van der Waals surface area contributed by atoms with E-state index >= 15 is 0 Å². The molecule has 0 fully saturated rings. The first-order valence-electron chi connectivity index (χ1n) is 4.63. The maximum Gasteiger partial charge on any atom is 0.179 e. The molecule has 0 aliphatic carbocycles. The smallest absolute Gasteiger partial charge is 0.179 e. The largest absolute Gasteiger partial charge is 0.504 e. The highest BCUT2D eigenvalue weighted by Crippen LogP contribution is 2.39. The van der Waals surface area contributed by atoms with Crippen LogP contribution in [-0.2, 0) is 0 Å². The summed E-state index contributed by atoms with van der Waals surface area (Å²) in [4.78, 5) is 0. The van der Waals surface area contributed by atoms with Crippen molar-refractivity contribution in [1.29, 1.82) is 0 Å². The van der Waals surface area contributed by atoms with Crippen molar-refractivity contribution >= 4 is 27.5 Å². The lowest BCUT2D eigenvalue weighted by atomic mass is 10.0. The molecule has 2 rings (SSSR count). The summed E-state index contributed by atoms with van der Waals surface area (Å²) < 4.78 is 27.2. The number of halogens is 4. The SMILES string of the molecule is Oc1c(-c2c(F)cccc2Cl)ccc(Br)c1F. The number of phenolic OH excluding ortho intramolecular Hbond substituents is 1. The molecule has 0 saturated heterocycles. The third-order valence-electron chi connectivity index (χ3n) is 2.30. The summed E-state index contributed by atoms with van der Waals surface area (Å²) in [6.45, 7) is 0. The van der Waals surface area contributed by atoms with Crippen LogP contribution >= 0.6 is 27.5 Å². The molecule has 5 heteroatoms. The Bertz CT molecular complexity index is 567. The predicted octanol–water partition coefficient (Wildman–Crippen LogP) is 4.75. The Morgan fingerprint density at radius 3 is 2.47 bits per heavy atom. The van der Waals surface area contributed by atoms with E-state index in [-0.39, 0.29) is 20.6 Å². The van der Waals surface area contributed by atoms with Gasteiger partial charge in [0.15, 0.2) is 11.6 Å². The highest BCUT2D eigenvalue weighted by molar-refractivity contribution is 9.10. The Labute approximate surface area is 110 Å². The molecule has 17 heavy (non-hydrogen) atoms. The Morgan fingerprint density at radius 2 is 1.82 bits per heavy atom. The topological polar surface area (TPSA) is 20.2 Å². The van der Waals surface area contributed by atoms with Gasteiger partial charge < -0.3 is 5.11 Å². The zero-order valence-electron chi connectivity index (χ0n) is 8.35. The molecule has 0 aromatic heterocycles. The van der Waals surface area contributed by atoms with Crippen molar-refractivity contribution in [2.45, 2.75) is 0 Å². The number of benzene rings is 2. The van der Waals surface area contributed by atoms with Crippen LogP contribution in [0.15, 0.2) is 34.8 Å². The average Bonchev–Trinajstić information content (AvgIpc) is 2.29. The maximum atomic E-state index is 13.6. The first-order chi connectivity index (χ1) is 8.02. The lowest BCUT2D eigenvalue weighted by Crippen LogP contribution is -1.89. The van der Waals surface area contributed by atoms with E-state index in [1.54, 1.807) is 0 Å².